The van der Waals surface area contributed by atoms with Crippen molar-refractivity contribution >= 4 is 29.6 Å². The minimum absolute atomic E-state index is 0.0111. The lowest BCUT2D eigenvalue weighted by Crippen LogP contribution is -2.58. The summed E-state index contributed by atoms with van der Waals surface area (Å²) < 4.78 is 5.08. The van der Waals surface area contributed by atoms with Gasteiger partial charge in [-0.2, -0.15) is 0 Å². The number of aliphatic imine (C=N–C) groups is 1. The first-order valence-corrected chi connectivity index (χ1v) is 12.8. The van der Waals surface area contributed by atoms with Gasteiger partial charge in [-0.15, -0.1) is 0 Å². The number of carbonyl (C=O) groups is 3. The van der Waals surface area contributed by atoms with Gasteiger partial charge < -0.3 is 35.6 Å². The molecule has 2 atom stereocenters. The average Bonchev–Trinajstić information content (AvgIpc) is 2.95. The number of benzene rings is 2. The molecular weight excluding hydrogens is 488 g/mol. The molecule has 2 aromatic rings. The first-order valence-electron chi connectivity index (χ1n) is 12.8. The van der Waals surface area contributed by atoms with Crippen LogP contribution in [-0.2, 0) is 16.1 Å². The molecule has 0 aliphatic carbocycles. The number of carboxylic acids is 1. The molecule has 0 bridgehead atoms. The van der Waals surface area contributed by atoms with Crippen molar-refractivity contribution in [1.82, 2.24) is 20.9 Å². The molecule has 4 rings (SSSR count). The van der Waals surface area contributed by atoms with Gasteiger partial charge in [0.15, 0.2) is 5.96 Å². The van der Waals surface area contributed by atoms with Gasteiger partial charge in [-0.3, -0.25) is 9.79 Å². The minimum Gasteiger partial charge on any atom is -0.480 e. The highest BCUT2D eigenvalue weighted by molar-refractivity contribution is 5.95. The summed E-state index contributed by atoms with van der Waals surface area (Å²) >= 11 is 0. The molecule has 2 aliphatic rings. The number of carboxylic acid groups (broad SMARTS) is 1. The van der Waals surface area contributed by atoms with Gasteiger partial charge in [0.05, 0.1) is 0 Å². The van der Waals surface area contributed by atoms with Gasteiger partial charge in [0, 0.05) is 56.6 Å². The number of nitrogens with zero attached hydrogens (tertiary/aromatic N) is 3. The fraction of sp³-hybridized carbons (Fsp3) is 0.407. The maximum absolute atomic E-state index is 12.6. The summed E-state index contributed by atoms with van der Waals surface area (Å²) in [5, 5.41) is 17.7. The van der Waals surface area contributed by atoms with E-state index in [-0.39, 0.29) is 19.2 Å². The molecule has 38 heavy (non-hydrogen) atoms. The minimum atomic E-state index is -1.33. The number of anilines is 1. The van der Waals surface area contributed by atoms with Gasteiger partial charge in [0.1, 0.15) is 12.6 Å². The Labute approximate surface area is 221 Å². The van der Waals surface area contributed by atoms with E-state index < -0.39 is 24.0 Å². The van der Waals surface area contributed by atoms with Crippen LogP contribution in [0.1, 0.15) is 29.3 Å². The molecule has 0 unspecified atom stereocenters. The standard InChI is InChI=1S/C27H34N6O5/c1-19-17-32(14-15-33(19)26-28-12-5-13-29-26)22-10-8-21(9-11-22)24(34)30-16-23(25(35)36)31-27(37)38-18-20-6-3-2-4-7-20/h2-4,6-11,19,23H,5,12-18H2,1H3,(H,28,29)(H,30,34)(H,31,37)(H,35,36)/t19-,23-/m0/s1. The van der Waals surface area contributed by atoms with E-state index in [2.05, 4.69) is 37.7 Å². The second kappa shape index (κ2) is 12.8. The van der Waals surface area contributed by atoms with E-state index in [1.54, 1.807) is 24.3 Å². The lowest BCUT2D eigenvalue weighted by atomic mass is 10.1. The third-order valence-corrected chi connectivity index (χ3v) is 6.54. The zero-order chi connectivity index (χ0) is 26.9. The Balaban J connectivity index is 1.25. The summed E-state index contributed by atoms with van der Waals surface area (Å²) in [5.41, 5.74) is 2.19. The Bertz CT molecular complexity index is 1140. The lowest BCUT2D eigenvalue weighted by molar-refractivity contribution is -0.139. The van der Waals surface area contributed by atoms with E-state index >= 15 is 0 Å². The van der Waals surface area contributed by atoms with Crippen LogP contribution < -0.4 is 20.9 Å². The molecular formula is C27H34N6O5. The number of ether oxygens (including phenoxy) is 1. The highest BCUT2D eigenvalue weighted by Gasteiger charge is 2.27. The average molecular weight is 523 g/mol. The SMILES string of the molecule is C[C@H]1CN(c2ccc(C(=O)NC[C@H](NC(=O)OCc3ccccc3)C(=O)O)cc2)CCN1C1=NCCCN1. The predicted octanol–water partition coefficient (Wildman–Crippen LogP) is 1.66. The van der Waals surface area contributed by atoms with Crippen LogP contribution in [-0.4, -0.2) is 85.3 Å². The van der Waals surface area contributed by atoms with Gasteiger partial charge in [-0.1, -0.05) is 30.3 Å². The van der Waals surface area contributed by atoms with Crippen LogP contribution >= 0.6 is 0 Å². The number of rotatable bonds is 8. The predicted molar refractivity (Wildman–Crippen MR) is 143 cm³/mol. The fourth-order valence-electron chi connectivity index (χ4n) is 4.45. The lowest BCUT2D eigenvalue weighted by Gasteiger charge is -2.43. The van der Waals surface area contributed by atoms with Crippen LogP contribution in [0.2, 0.25) is 0 Å². The van der Waals surface area contributed by atoms with Crippen LogP contribution in [0, 0.1) is 0 Å². The summed E-state index contributed by atoms with van der Waals surface area (Å²) in [6, 6.07) is 15.2. The molecule has 0 radical (unpaired) electrons. The summed E-state index contributed by atoms with van der Waals surface area (Å²) in [6.45, 7) is 6.24. The molecule has 0 saturated carbocycles. The largest absolute Gasteiger partial charge is 0.480 e. The van der Waals surface area contributed by atoms with Gasteiger partial charge >= 0.3 is 12.1 Å². The fourth-order valence-corrected chi connectivity index (χ4v) is 4.45. The van der Waals surface area contributed by atoms with Gasteiger partial charge in [-0.05, 0) is 43.2 Å². The topological polar surface area (TPSA) is 136 Å². The normalized spacial score (nSPS) is 18.0. The highest BCUT2D eigenvalue weighted by Crippen LogP contribution is 2.20. The number of amides is 2. The van der Waals surface area contributed by atoms with Crippen molar-refractivity contribution in [1.29, 1.82) is 0 Å². The maximum Gasteiger partial charge on any atom is 0.408 e. The first kappa shape index (κ1) is 26.8. The van der Waals surface area contributed by atoms with Crippen LogP contribution in [0.25, 0.3) is 0 Å². The van der Waals surface area contributed by atoms with Crippen molar-refractivity contribution in [2.75, 3.05) is 44.2 Å². The molecule has 2 aliphatic heterocycles. The molecule has 2 aromatic carbocycles. The number of hydrogen-bond donors (Lipinski definition) is 4. The quantitative estimate of drug-likeness (QED) is 0.411. The molecule has 2 amide bonds. The second-order valence-corrected chi connectivity index (χ2v) is 9.33. The van der Waals surface area contributed by atoms with Crippen LogP contribution in [0.15, 0.2) is 59.6 Å². The van der Waals surface area contributed by atoms with E-state index in [4.69, 9.17) is 4.74 Å². The molecule has 2 heterocycles. The number of carbonyl (C=O) groups excluding carboxylic acids is 2. The van der Waals surface area contributed by atoms with Crippen molar-refractivity contribution in [3.05, 3.63) is 65.7 Å². The number of hydrogen-bond acceptors (Lipinski definition) is 8. The Hall–Kier alpha value is -4.28. The molecule has 11 nitrogen and oxygen atoms in total. The molecule has 202 valence electrons. The monoisotopic (exact) mass is 522 g/mol. The van der Waals surface area contributed by atoms with Crippen LogP contribution in [0.3, 0.4) is 0 Å². The highest BCUT2D eigenvalue weighted by atomic mass is 16.5. The summed E-state index contributed by atoms with van der Waals surface area (Å²) in [7, 11) is 0. The third kappa shape index (κ3) is 7.15. The Morgan fingerprint density at radius 2 is 1.89 bits per heavy atom. The zero-order valence-corrected chi connectivity index (χ0v) is 21.4. The number of aliphatic carboxylic acids is 1. The summed E-state index contributed by atoms with van der Waals surface area (Å²) in [6.07, 6.45) is 0.188. The van der Waals surface area contributed by atoms with E-state index in [1.165, 1.54) is 0 Å². The van der Waals surface area contributed by atoms with Gasteiger partial charge in [0.25, 0.3) is 5.91 Å². The van der Waals surface area contributed by atoms with Gasteiger partial charge in [0.2, 0.25) is 0 Å². The molecule has 0 spiro atoms. The van der Waals surface area contributed by atoms with Crippen molar-refractivity contribution in [2.45, 2.75) is 32.0 Å². The van der Waals surface area contributed by atoms with E-state index in [9.17, 15) is 19.5 Å². The Morgan fingerprint density at radius 1 is 1.13 bits per heavy atom. The summed E-state index contributed by atoms with van der Waals surface area (Å²) in [5.74, 6) is -0.726. The molecule has 11 heteroatoms. The zero-order valence-electron chi connectivity index (χ0n) is 21.4. The molecule has 4 N–H and O–H groups in total. The van der Waals surface area contributed by atoms with Crippen molar-refractivity contribution < 1.29 is 24.2 Å². The third-order valence-electron chi connectivity index (χ3n) is 6.54. The number of guanidine groups is 1. The number of nitrogens with one attached hydrogen (secondary N) is 3. The molecule has 1 fully saturated rings. The van der Waals surface area contributed by atoms with E-state index in [1.807, 2.05) is 30.3 Å². The van der Waals surface area contributed by atoms with Crippen LogP contribution in [0.5, 0.6) is 0 Å². The summed E-state index contributed by atoms with van der Waals surface area (Å²) in [4.78, 5) is 45.5. The van der Waals surface area contributed by atoms with Crippen LogP contribution in [0.4, 0.5) is 10.5 Å². The number of alkyl carbamates (subject to hydrolysis) is 1. The van der Waals surface area contributed by atoms with Crippen molar-refractivity contribution in [3.8, 4) is 0 Å². The van der Waals surface area contributed by atoms with Crippen molar-refractivity contribution in [2.24, 2.45) is 4.99 Å². The molecule has 0 aromatic heterocycles. The smallest absolute Gasteiger partial charge is 0.408 e. The second-order valence-electron chi connectivity index (χ2n) is 9.33. The number of piperazine rings is 1. The molecule has 1 saturated heterocycles. The van der Waals surface area contributed by atoms with E-state index in [0.29, 0.717) is 5.56 Å². The Kier molecular flexibility index (Phi) is 9.02. The van der Waals surface area contributed by atoms with Gasteiger partial charge in [-0.25, -0.2) is 9.59 Å². The van der Waals surface area contributed by atoms with Crippen molar-refractivity contribution in [3.63, 3.8) is 0 Å². The first-order chi connectivity index (χ1) is 18.4. The Morgan fingerprint density at radius 3 is 2.55 bits per heavy atom. The maximum atomic E-state index is 12.6. The van der Waals surface area contributed by atoms with E-state index in [0.717, 1.165) is 56.4 Å².